The molecule has 1 N–H and O–H groups in total. The first-order valence-corrected chi connectivity index (χ1v) is 8.29. The highest BCUT2D eigenvalue weighted by Gasteiger charge is 2.19. The maximum atomic E-state index is 12.1. The number of fused-ring (bicyclic) bond motifs is 1. The predicted molar refractivity (Wildman–Crippen MR) is 98.7 cm³/mol. The summed E-state index contributed by atoms with van der Waals surface area (Å²) in [6, 6.07) is 7.53. The molecule has 2 heterocycles. The molecular formula is C17H16Cl2N4O2. The molecule has 6 nitrogen and oxygen atoms in total. The molecule has 0 unspecified atom stereocenters. The van der Waals surface area contributed by atoms with Gasteiger partial charge in [-0.25, -0.2) is 9.78 Å². The Morgan fingerprint density at radius 2 is 1.96 bits per heavy atom. The zero-order chi connectivity index (χ0) is 18.2. The molecule has 0 spiro atoms. The van der Waals surface area contributed by atoms with Gasteiger partial charge in [0.1, 0.15) is 10.6 Å². The van der Waals surface area contributed by atoms with E-state index in [9.17, 15) is 4.79 Å². The summed E-state index contributed by atoms with van der Waals surface area (Å²) < 4.78 is 7.06. The SMILES string of the molecule is CC(C)(C)OC(=O)Nc1cn(-c2nc(Cl)ncc2Cl)c2ccccc12. The van der Waals surface area contributed by atoms with Crippen LogP contribution in [-0.4, -0.2) is 26.2 Å². The fourth-order valence-corrected chi connectivity index (χ4v) is 2.69. The molecule has 0 aliphatic heterocycles. The van der Waals surface area contributed by atoms with Crippen molar-refractivity contribution in [3.8, 4) is 5.82 Å². The average Bonchev–Trinajstić information content (AvgIpc) is 2.87. The smallest absolute Gasteiger partial charge is 0.412 e. The number of hydrogen-bond acceptors (Lipinski definition) is 4. The number of nitrogens with one attached hydrogen (secondary N) is 1. The van der Waals surface area contributed by atoms with Gasteiger partial charge in [-0.3, -0.25) is 9.88 Å². The number of para-hydroxylation sites is 1. The molecule has 2 aromatic heterocycles. The maximum Gasteiger partial charge on any atom is 0.412 e. The Morgan fingerprint density at radius 1 is 1.24 bits per heavy atom. The maximum absolute atomic E-state index is 12.1. The van der Waals surface area contributed by atoms with Crippen LogP contribution in [0, 0.1) is 0 Å². The number of amides is 1. The molecule has 1 aromatic carbocycles. The Kier molecular flexibility index (Phi) is 4.58. The van der Waals surface area contributed by atoms with Crippen molar-refractivity contribution < 1.29 is 9.53 Å². The van der Waals surface area contributed by atoms with E-state index < -0.39 is 11.7 Å². The van der Waals surface area contributed by atoms with Gasteiger partial charge < -0.3 is 4.74 Å². The van der Waals surface area contributed by atoms with Crippen molar-refractivity contribution in [2.45, 2.75) is 26.4 Å². The zero-order valence-electron chi connectivity index (χ0n) is 13.9. The predicted octanol–water partition coefficient (Wildman–Crippen LogP) is 5.07. The van der Waals surface area contributed by atoms with Gasteiger partial charge in [0, 0.05) is 11.6 Å². The number of carbonyl (C=O) groups excluding carboxylic acids is 1. The van der Waals surface area contributed by atoms with Gasteiger partial charge in [-0.05, 0) is 38.4 Å². The summed E-state index contributed by atoms with van der Waals surface area (Å²) in [5.74, 6) is 0.426. The van der Waals surface area contributed by atoms with Gasteiger partial charge in [-0.15, -0.1) is 0 Å². The summed E-state index contributed by atoms with van der Waals surface area (Å²) in [6.07, 6.45) is 2.61. The fraction of sp³-hybridized carbons (Fsp3) is 0.235. The molecule has 0 saturated heterocycles. The second kappa shape index (κ2) is 6.54. The molecular weight excluding hydrogens is 363 g/mol. The van der Waals surface area contributed by atoms with Crippen LogP contribution in [0.25, 0.3) is 16.7 Å². The molecule has 0 bridgehead atoms. The van der Waals surface area contributed by atoms with Gasteiger partial charge in [-0.2, -0.15) is 4.98 Å². The lowest BCUT2D eigenvalue weighted by Gasteiger charge is -2.19. The van der Waals surface area contributed by atoms with Crippen LogP contribution in [0.3, 0.4) is 0 Å². The van der Waals surface area contributed by atoms with E-state index in [1.165, 1.54) is 6.20 Å². The molecule has 0 fully saturated rings. The normalized spacial score (nSPS) is 11.6. The minimum atomic E-state index is -0.591. The molecule has 3 rings (SSSR count). The number of carbonyl (C=O) groups is 1. The second-order valence-electron chi connectivity index (χ2n) is 6.37. The van der Waals surface area contributed by atoms with Crippen molar-refractivity contribution in [1.82, 2.24) is 14.5 Å². The summed E-state index contributed by atoms with van der Waals surface area (Å²) in [4.78, 5) is 20.2. The third kappa shape index (κ3) is 3.86. The third-order valence-corrected chi connectivity index (χ3v) is 3.72. The van der Waals surface area contributed by atoms with E-state index in [1.807, 2.05) is 24.3 Å². The van der Waals surface area contributed by atoms with Crippen molar-refractivity contribution in [2.75, 3.05) is 5.32 Å². The second-order valence-corrected chi connectivity index (χ2v) is 7.11. The highest BCUT2D eigenvalue weighted by molar-refractivity contribution is 6.33. The van der Waals surface area contributed by atoms with Gasteiger partial charge in [-0.1, -0.05) is 29.8 Å². The Balaban J connectivity index is 2.07. The molecule has 130 valence electrons. The van der Waals surface area contributed by atoms with Gasteiger partial charge in [0.2, 0.25) is 5.28 Å². The lowest BCUT2D eigenvalue weighted by atomic mass is 10.2. The molecule has 25 heavy (non-hydrogen) atoms. The molecule has 0 aliphatic carbocycles. The first kappa shape index (κ1) is 17.5. The van der Waals surface area contributed by atoms with Crippen molar-refractivity contribution in [1.29, 1.82) is 0 Å². The number of ether oxygens (including phenoxy) is 1. The number of aromatic nitrogens is 3. The summed E-state index contributed by atoms with van der Waals surface area (Å²) in [5.41, 5.74) is 0.798. The van der Waals surface area contributed by atoms with Gasteiger partial charge in [0.05, 0.1) is 17.4 Å². The van der Waals surface area contributed by atoms with E-state index in [0.29, 0.717) is 16.5 Å². The molecule has 8 heteroatoms. The quantitative estimate of drug-likeness (QED) is 0.631. The minimum absolute atomic E-state index is 0.0823. The first-order chi connectivity index (χ1) is 11.7. The number of benzene rings is 1. The summed E-state index contributed by atoms with van der Waals surface area (Å²) in [6.45, 7) is 5.41. The minimum Gasteiger partial charge on any atom is -0.444 e. The van der Waals surface area contributed by atoms with Gasteiger partial charge in [0.15, 0.2) is 5.82 Å². The lowest BCUT2D eigenvalue weighted by molar-refractivity contribution is 0.0636. The zero-order valence-corrected chi connectivity index (χ0v) is 15.4. The summed E-state index contributed by atoms with van der Waals surface area (Å²) >= 11 is 12.1. The number of rotatable bonds is 2. The molecule has 1 amide bonds. The summed E-state index contributed by atoms with van der Waals surface area (Å²) in [7, 11) is 0. The first-order valence-electron chi connectivity index (χ1n) is 7.53. The number of anilines is 1. The monoisotopic (exact) mass is 378 g/mol. The van der Waals surface area contributed by atoms with Crippen molar-refractivity contribution >= 4 is 45.9 Å². The van der Waals surface area contributed by atoms with E-state index >= 15 is 0 Å². The highest BCUT2D eigenvalue weighted by Crippen LogP contribution is 2.31. The van der Waals surface area contributed by atoms with Crippen LogP contribution in [0.15, 0.2) is 36.7 Å². The Morgan fingerprint density at radius 3 is 2.68 bits per heavy atom. The van der Waals surface area contributed by atoms with Gasteiger partial charge >= 0.3 is 6.09 Å². The topological polar surface area (TPSA) is 69.0 Å². The standard InChI is InChI=1S/C17H16Cl2N4O2/c1-17(2,3)25-16(24)21-12-9-23(13-7-5-4-6-10(12)13)14-11(18)8-20-15(19)22-14/h4-9H,1-3H3,(H,21,24). The van der Waals surface area contributed by atoms with E-state index in [2.05, 4.69) is 15.3 Å². The molecule has 0 atom stereocenters. The molecule has 0 radical (unpaired) electrons. The molecule has 0 aliphatic rings. The van der Waals surface area contributed by atoms with E-state index in [4.69, 9.17) is 27.9 Å². The van der Waals surface area contributed by atoms with Gasteiger partial charge in [0.25, 0.3) is 0 Å². The van der Waals surface area contributed by atoms with Crippen LogP contribution in [-0.2, 0) is 4.74 Å². The third-order valence-electron chi connectivity index (χ3n) is 3.27. The number of hydrogen-bond donors (Lipinski definition) is 1. The Bertz CT molecular complexity index is 947. The van der Waals surface area contributed by atoms with Crippen LogP contribution >= 0.6 is 23.2 Å². The van der Waals surface area contributed by atoms with Crippen molar-refractivity contribution in [2.24, 2.45) is 0 Å². The highest BCUT2D eigenvalue weighted by atomic mass is 35.5. The Hall–Kier alpha value is -2.31. The summed E-state index contributed by atoms with van der Waals surface area (Å²) in [5, 5.41) is 4.01. The van der Waals surface area contributed by atoms with Crippen LogP contribution < -0.4 is 5.32 Å². The van der Waals surface area contributed by atoms with Crippen LogP contribution in [0.5, 0.6) is 0 Å². The largest absolute Gasteiger partial charge is 0.444 e. The van der Waals surface area contributed by atoms with Crippen LogP contribution in [0.2, 0.25) is 10.3 Å². The Labute approximate surface area is 154 Å². The van der Waals surface area contributed by atoms with E-state index in [0.717, 1.165) is 10.9 Å². The lowest BCUT2D eigenvalue weighted by Crippen LogP contribution is -2.27. The van der Waals surface area contributed by atoms with E-state index in [1.54, 1.807) is 31.5 Å². The van der Waals surface area contributed by atoms with Crippen LogP contribution in [0.1, 0.15) is 20.8 Å². The number of halogens is 2. The van der Waals surface area contributed by atoms with Crippen molar-refractivity contribution in [3.63, 3.8) is 0 Å². The molecule has 3 aromatic rings. The number of nitrogens with zero attached hydrogens (tertiary/aromatic N) is 3. The fourth-order valence-electron chi connectivity index (χ4n) is 2.37. The molecule has 0 saturated carbocycles. The van der Waals surface area contributed by atoms with Crippen molar-refractivity contribution in [3.05, 3.63) is 47.0 Å². The van der Waals surface area contributed by atoms with Crippen LogP contribution in [0.4, 0.5) is 10.5 Å². The average molecular weight is 379 g/mol. The van der Waals surface area contributed by atoms with E-state index in [-0.39, 0.29) is 5.28 Å².